The van der Waals surface area contributed by atoms with Gasteiger partial charge in [-0.25, -0.2) is 0 Å². The third-order valence-corrected chi connectivity index (χ3v) is 2.53. The molecule has 3 nitrogen and oxygen atoms in total. The Hall–Kier alpha value is -0.640. The first-order valence-corrected chi connectivity index (χ1v) is 4.83. The van der Waals surface area contributed by atoms with Crippen LogP contribution in [0.5, 0.6) is 0 Å². The van der Waals surface area contributed by atoms with Crippen LogP contribution in [-0.2, 0) is 0 Å². The van der Waals surface area contributed by atoms with Gasteiger partial charge in [0.05, 0.1) is 0 Å². The largest absolute Gasteiger partial charge is 0.360 e. The molecule has 0 bridgehead atoms. The molecule has 1 N–H and O–H groups in total. The Morgan fingerprint density at radius 3 is 3.18 bits per heavy atom. The zero-order valence-corrected chi connectivity index (χ0v) is 7.10. The Kier molecular flexibility index (Phi) is 2.03. The van der Waals surface area contributed by atoms with Crippen molar-refractivity contribution in [2.75, 3.05) is 11.9 Å². The number of aromatic nitrogens is 2. The number of nitrogens with zero attached hydrogens (tertiary/aromatic N) is 2. The number of rotatable bonds is 4. The van der Waals surface area contributed by atoms with Gasteiger partial charge in [-0.2, -0.15) is 0 Å². The number of nitrogens with one attached hydrogen (secondary N) is 1. The number of hydrogen-bond donors (Lipinski definition) is 1. The lowest BCUT2D eigenvalue weighted by Gasteiger charge is -1.98. The van der Waals surface area contributed by atoms with E-state index in [1.165, 1.54) is 19.3 Å². The third-order valence-electron chi connectivity index (χ3n) is 1.89. The van der Waals surface area contributed by atoms with Crippen LogP contribution in [0.1, 0.15) is 19.3 Å². The highest BCUT2D eigenvalue weighted by Gasteiger charge is 2.20. The number of anilines is 1. The van der Waals surface area contributed by atoms with Gasteiger partial charge in [0.25, 0.3) is 0 Å². The highest BCUT2D eigenvalue weighted by atomic mass is 32.1. The molecule has 1 aliphatic rings. The predicted octanol–water partition coefficient (Wildman–Crippen LogP) is 1.75. The molecule has 0 aromatic carbocycles. The van der Waals surface area contributed by atoms with Crippen LogP contribution in [0.25, 0.3) is 0 Å². The molecule has 0 amide bonds. The normalized spacial score (nSPS) is 16.7. The van der Waals surface area contributed by atoms with Crippen LogP contribution in [0.4, 0.5) is 5.13 Å². The van der Waals surface area contributed by atoms with E-state index in [0.29, 0.717) is 0 Å². The SMILES string of the molecule is c1nnc(NCCC2CC2)s1. The minimum absolute atomic E-state index is 0.950. The van der Waals surface area contributed by atoms with Crippen LogP contribution in [0.2, 0.25) is 0 Å². The van der Waals surface area contributed by atoms with Crippen LogP contribution in [0.15, 0.2) is 5.51 Å². The van der Waals surface area contributed by atoms with Crippen molar-refractivity contribution in [3.63, 3.8) is 0 Å². The van der Waals surface area contributed by atoms with Crippen molar-refractivity contribution in [1.29, 1.82) is 0 Å². The van der Waals surface area contributed by atoms with Gasteiger partial charge in [-0.05, 0) is 12.3 Å². The Morgan fingerprint density at radius 2 is 2.55 bits per heavy atom. The van der Waals surface area contributed by atoms with E-state index < -0.39 is 0 Å². The smallest absolute Gasteiger partial charge is 0.205 e. The van der Waals surface area contributed by atoms with Crippen molar-refractivity contribution in [2.24, 2.45) is 5.92 Å². The van der Waals surface area contributed by atoms with Gasteiger partial charge >= 0.3 is 0 Å². The summed E-state index contributed by atoms with van der Waals surface area (Å²) in [6.45, 7) is 1.06. The van der Waals surface area contributed by atoms with Crippen molar-refractivity contribution in [3.8, 4) is 0 Å². The van der Waals surface area contributed by atoms with E-state index in [1.54, 1.807) is 16.8 Å². The minimum atomic E-state index is 0.950. The van der Waals surface area contributed by atoms with Gasteiger partial charge in [-0.1, -0.05) is 24.2 Å². The zero-order chi connectivity index (χ0) is 7.52. The van der Waals surface area contributed by atoms with Crippen LogP contribution < -0.4 is 5.32 Å². The molecule has 0 atom stereocenters. The highest BCUT2D eigenvalue weighted by molar-refractivity contribution is 7.13. The van der Waals surface area contributed by atoms with Gasteiger partial charge in [-0.3, -0.25) is 0 Å². The van der Waals surface area contributed by atoms with E-state index in [2.05, 4.69) is 15.5 Å². The Labute approximate surface area is 69.8 Å². The predicted molar refractivity (Wildman–Crippen MR) is 45.7 cm³/mol. The first kappa shape index (κ1) is 7.03. The molecule has 0 aliphatic heterocycles. The summed E-state index contributed by atoms with van der Waals surface area (Å²) in [7, 11) is 0. The molecule has 4 heteroatoms. The average molecular weight is 169 g/mol. The van der Waals surface area contributed by atoms with Crippen LogP contribution >= 0.6 is 11.3 Å². The molecule has 0 spiro atoms. The van der Waals surface area contributed by atoms with E-state index in [4.69, 9.17) is 0 Å². The summed E-state index contributed by atoms with van der Waals surface area (Å²) in [5, 5.41) is 11.8. The second kappa shape index (κ2) is 3.17. The first-order valence-electron chi connectivity index (χ1n) is 3.95. The third kappa shape index (κ3) is 2.15. The summed E-state index contributed by atoms with van der Waals surface area (Å²) in [5.74, 6) is 0.996. The van der Waals surface area contributed by atoms with Gasteiger partial charge in [0.15, 0.2) is 0 Å². The Balaban J connectivity index is 1.66. The molecule has 1 aliphatic carbocycles. The topological polar surface area (TPSA) is 37.8 Å². The molecule has 1 aromatic heterocycles. The van der Waals surface area contributed by atoms with E-state index in [-0.39, 0.29) is 0 Å². The standard InChI is InChI=1S/C7H11N3S/c1-2-6(1)3-4-8-7-10-9-5-11-7/h5-6H,1-4H2,(H,8,10). The molecular formula is C7H11N3S. The van der Waals surface area contributed by atoms with E-state index >= 15 is 0 Å². The van der Waals surface area contributed by atoms with Crippen LogP contribution in [-0.4, -0.2) is 16.7 Å². The summed E-state index contributed by atoms with van der Waals surface area (Å²) in [6, 6.07) is 0. The maximum absolute atomic E-state index is 3.89. The van der Waals surface area contributed by atoms with Gasteiger partial charge in [0.2, 0.25) is 5.13 Å². The first-order chi connectivity index (χ1) is 5.45. The summed E-state index contributed by atoms with van der Waals surface area (Å²) in [5.41, 5.74) is 1.75. The summed E-state index contributed by atoms with van der Waals surface area (Å²) in [4.78, 5) is 0. The Morgan fingerprint density at radius 1 is 1.64 bits per heavy atom. The summed E-state index contributed by atoms with van der Waals surface area (Å²) >= 11 is 1.56. The van der Waals surface area contributed by atoms with E-state index in [1.807, 2.05) is 0 Å². The maximum Gasteiger partial charge on any atom is 0.205 e. The maximum atomic E-state index is 3.89. The fraction of sp³-hybridized carbons (Fsp3) is 0.714. The van der Waals surface area contributed by atoms with Gasteiger partial charge < -0.3 is 5.32 Å². The second-order valence-corrected chi connectivity index (χ2v) is 3.74. The highest BCUT2D eigenvalue weighted by Crippen LogP contribution is 2.32. The lowest BCUT2D eigenvalue weighted by atomic mass is 10.3. The Bertz CT molecular complexity index is 205. The van der Waals surface area contributed by atoms with Gasteiger partial charge in [0.1, 0.15) is 5.51 Å². The molecule has 1 heterocycles. The fourth-order valence-electron chi connectivity index (χ4n) is 1.04. The van der Waals surface area contributed by atoms with E-state index in [9.17, 15) is 0 Å². The quantitative estimate of drug-likeness (QED) is 0.746. The fourth-order valence-corrected chi connectivity index (χ4v) is 1.51. The van der Waals surface area contributed by atoms with Gasteiger partial charge in [-0.15, -0.1) is 10.2 Å². The van der Waals surface area contributed by atoms with Crippen molar-refractivity contribution in [3.05, 3.63) is 5.51 Å². The molecule has 11 heavy (non-hydrogen) atoms. The van der Waals surface area contributed by atoms with Crippen molar-refractivity contribution in [2.45, 2.75) is 19.3 Å². The molecule has 60 valence electrons. The summed E-state index contributed by atoms with van der Waals surface area (Å²) in [6.07, 6.45) is 4.15. The summed E-state index contributed by atoms with van der Waals surface area (Å²) < 4.78 is 0. The lowest BCUT2D eigenvalue weighted by molar-refractivity contribution is 0.759. The average Bonchev–Trinajstić information content (AvgIpc) is 2.66. The van der Waals surface area contributed by atoms with Crippen molar-refractivity contribution < 1.29 is 0 Å². The van der Waals surface area contributed by atoms with Crippen molar-refractivity contribution in [1.82, 2.24) is 10.2 Å². The molecule has 2 rings (SSSR count). The molecule has 0 unspecified atom stereocenters. The van der Waals surface area contributed by atoms with Crippen molar-refractivity contribution >= 4 is 16.5 Å². The monoisotopic (exact) mass is 169 g/mol. The lowest BCUT2D eigenvalue weighted by Crippen LogP contribution is -2.01. The number of hydrogen-bond acceptors (Lipinski definition) is 4. The molecule has 0 radical (unpaired) electrons. The molecule has 1 saturated carbocycles. The van der Waals surface area contributed by atoms with E-state index in [0.717, 1.165) is 17.6 Å². The van der Waals surface area contributed by atoms with Crippen LogP contribution in [0, 0.1) is 5.92 Å². The van der Waals surface area contributed by atoms with Crippen LogP contribution in [0.3, 0.4) is 0 Å². The molecule has 0 saturated heterocycles. The zero-order valence-electron chi connectivity index (χ0n) is 6.29. The second-order valence-electron chi connectivity index (χ2n) is 2.90. The molecule has 1 fully saturated rings. The molecular weight excluding hydrogens is 158 g/mol. The molecule has 1 aromatic rings. The minimum Gasteiger partial charge on any atom is -0.360 e. The van der Waals surface area contributed by atoms with Gasteiger partial charge in [0, 0.05) is 6.54 Å².